The number of aryl methyl sites for hydroxylation is 2. The van der Waals surface area contributed by atoms with E-state index in [0.717, 1.165) is 31.4 Å². The number of benzene rings is 1. The van der Waals surface area contributed by atoms with Gasteiger partial charge in [-0.15, -0.1) is 0 Å². The first kappa shape index (κ1) is 18.2. The number of hydrogen-bond donors (Lipinski definition) is 1. The summed E-state index contributed by atoms with van der Waals surface area (Å²) in [4.78, 5) is 12.3. The van der Waals surface area contributed by atoms with Crippen molar-refractivity contribution >= 4 is 5.91 Å². The van der Waals surface area contributed by atoms with Crippen molar-refractivity contribution in [1.82, 2.24) is 10.5 Å². The van der Waals surface area contributed by atoms with Crippen LogP contribution in [0.2, 0.25) is 0 Å². The van der Waals surface area contributed by atoms with Crippen molar-refractivity contribution in [2.24, 2.45) is 5.92 Å². The van der Waals surface area contributed by atoms with E-state index >= 15 is 0 Å². The van der Waals surface area contributed by atoms with Gasteiger partial charge in [-0.2, -0.15) is 0 Å². The van der Waals surface area contributed by atoms with Gasteiger partial charge in [0.2, 0.25) is 0 Å². The van der Waals surface area contributed by atoms with Crippen LogP contribution in [0.25, 0.3) is 0 Å². The third kappa shape index (κ3) is 4.06. The van der Waals surface area contributed by atoms with E-state index in [1.807, 2.05) is 0 Å². The first-order valence-corrected chi connectivity index (χ1v) is 9.71. The second-order valence-corrected chi connectivity index (χ2v) is 7.41. The number of ether oxygens (including phenoxy) is 2. The Morgan fingerprint density at radius 2 is 2.15 bits per heavy atom. The average molecular weight is 370 g/mol. The molecule has 1 aromatic carbocycles. The van der Waals surface area contributed by atoms with E-state index in [-0.39, 0.29) is 17.7 Å². The van der Waals surface area contributed by atoms with E-state index in [9.17, 15) is 4.79 Å². The fourth-order valence-corrected chi connectivity index (χ4v) is 3.92. The van der Waals surface area contributed by atoms with E-state index in [4.69, 9.17) is 14.0 Å². The Hall–Kier alpha value is -2.18. The van der Waals surface area contributed by atoms with Gasteiger partial charge in [0.1, 0.15) is 6.10 Å². The lowest BCUT2D eigenvalue weighted by atomic mass is 9.89. The summed E-state index contributed by atoms with van der Waals surface area (Å²) in [5, 5.41) is 6.85. The number of methoxy groups -OCH3 is 1. The fraction of sp³-hybridized carbons (Fsp3) is 0.524. The van der Waals surface area contributed by atoms with Gasteiger partial charge in [0, 0.05) is 32.2 Å². The van der Waals surface area contributed by atoms with Gasteiger partial charge >= 0.3 is 0 Å². The molecule has 1 aromatic heterocycles. The zero-order valence-corrected chi connectivity index (χ0v) is 15.7. The molecule has 6 heteroatoms. The molecule has 0 spiro atoms. The van der Waals surface area contributed by atoms with Crippen LogP contribution in [-0.2, 0) is 22.3 Å². The van der Waals surface area contributed by atoms with Crippen LogP contribution in [0.4, 0.5) is 0 Å². The summed E-state index contributed by atoms with van der Waals surface area (Å²) in [6.45, 7) is 2.07. The van der Waals surface area contributed by atoms with Gasteiger partial charge in [0.15, 0.2) is 11.5 Å². The highest BCUT2D eigenvalue weighted by Gasteiger charge is 2.23. The molecule has 6 nitrogen and oxygen atoms in total. The highest BCUT2D eigenvalue weighted by Crippen LogP contribution is 2.30. The van der Waals surface area contributed by atoms with Crippen molar-refractivity contribution in [3.63, 3.8) is 0 Å². The molecule has 0 saturated carbocycles. The van der Waals surface area contributed by atoms with Crippen LogP contribution in [0, 0.1) is 5.92 Å². The minimum Gasteiger partial charge on any atom is -0.381 e. The zero-order chi connectivity index (χ0) is 18.6. The quantitative estimate of drug-likeness (QED) is 0.846. The van der Waals surface area contributed by atoms with Gasteiger partial charge in [-0.25, -0.2) is 0 Å². The molecule has 2 aromatic rings. The molecule has 2 aliphatic rings. The fourth-order valence-electron chi connectivity index (χ4n) is 3.92. The van der Waals surface area contributed by atoms with Crippen molar-refractivity contribution in [1.29, 1.82) is 0 Å². The number of fused-ring (bicyclic) bond motifs is 1. The first-order chi connectivity index (χ1) is 13.2. The number of nitrogens with one attached hydrogen (secondary N) is 1. The van der Waals surface area contributed by atoms with E-state index in [1.54, 1.807) is 13.2 Å². The maximum Gasteiger partial charge on any atom is 0.273 e. The maximum atomic E-state index is 12.3. The third-order valence-corrected chi connectivity index (χ3v) is 5.51. The van der Waals surface area contributed by atoms with Crippen LogP contribution in [0.1, 0.15) is 58.3 Å². The van der Waals surface area contributed by atoms with Crippen molar-refractivity contribution < 1.29 is 18.8 Å². The van der Waals surface area contributed by atoms with Gasteiger partial charge in [-0.05, 0) is 48.8 Å². The van der Waals surface area contributed by atoms with Gasteiger partial charge in [0.25, 0.3) is 5.91 Å². The Balaban J connectivity index is 1.46. The molecule has 2 heterocycles. The number of aromatic nitrogens is 1. The normalized spacial score (nSPS) is 20.3. The number of amides is 1. The lowest BCUT2D eigenvalue weighted by Crippen LogP contribution is -2.29. The monoisotopic (exact) mass is 370 g/mol. The number of carbonyl (C=O) groups is 1. The van der Waals surface area contributed by atoms with E-state index < -0.39 is 0 Å². The van der Waals surface area contributed by atoms with Crippen molar-refractivity contribution in [3.05, 3.63) is 52.4 Å². The van der Waals surface area contributed by atoms with Crippen LogP contribution in [0.3, 0.4) is 0 Å². The Kier molecular flexibility index (Phi) is 5.55. The number of rotatable bonds is 6. The minimum atomic E-state index is -0.366. The molecule has 27 heavy (non-hydrogen) atoms. The molecule has 1 fully saturated rings. The Morgan fingerprint density at radius 1 is 1.30 bits per heavy atom. The molecule has 2 unspecified atom stereocenters. The Labute approximate surface area is 159 Å². The smallest absolute Gasteiger partial charge is 0.273 e. The van der Waals surface area contributed by atoms with Crippen LogP contribution in [-0.4, -0.2) is 37.9 Å². The van der Waals surface area contributed by atoms with Gasteiger partial charge < -0.3 is 19.3 Å². The lowest BCUT2D eigenvalue weighted by molar-refractivity contribution is 0.0932. The molecular weight excluding hydrogens is 344 g/mol. The van der Waals surface area contributed by atoms with Crippen LogP contribution < -0.4 is 5.32 Å². The average Bonchev–Trinajstić information content (AvgIpc) is 3.39. The van der Waals surface area contributed by atoms with Crippen molar-refractivity contribution in [2.75, 3.05) is 26.9 Å². The molecule has 1 aliphatic carbocycles. The van der Waals surface area contributed by atoms with E-state index in [2.05, 4.69) is 28.7 Å². The number of hydrogen-bond acceptors (Lipinski definition) is 5. The maximum absolute atomic E-state index is 12.3. The topological polar surface area (TPSA) is 73.6 Å². The molecule has 144 valence electrons. The second-order valence-electron chi connectivity index (χ2n) is 7.41. The molecule has 4 rings (SSSR count). The molecule has 0 radical (unpaired) electrons. The molecule has 1 N–H and O–H groups in total. The summed E-state index contributed by atoms with van der Waals surface area (Å²) in [6.07, 6.45) is 5.35. The van der Waals surface area contributed by atoms with Crippen LogP contribution in [0.15, 0.2) is 28.8 Å². The first-order valence-electron chi connectivity index (χ1n) is 9.71. The van der Waals surface area contributed by atoms with Gasteiger partial charge in [-0.3, -0.25) is 4.79 Å². The number of nitrogens with zero attached hydrogens (tertiary/aromatic N) is 1. The molecule has 1 aliphatic heterocycles. The summed E-state index contributed by atoms with van der Waals surface area (Å²) < 4.78 is 16.4. The van der Waals surface area contributed by atoms with Crippen molar-refractivity contribution in [2.45, 2.75) is 38.2 Å². The molecule has 1 saturated heterocycles. The molecular formula is C21H26N2O4. The van der Waals surface area contributed by atoms with E-state index in [0.29, 0.717) is 24.8 Å². The minimum absolute atomic E-state index is 0.225. The number of carbonyl (C=O) groups excluding carboxylic acids is 1. The van der Waals surface area contributed by atoms with Crippen LogP contribution in [0.5, 0.6) is 0 Å². The summed E-state index contributed by atoms with van der Waals surface area (Å²) >= 11 is 0. The summed E-state index contributed by atoms with van der Waals surface area (Å²) in [7, 11) is 1.65. The van der Waals surface area contributed by atoms with Crippen molar-refractivity contribution in [3.8, 4) is 0 Å². The largest absolute Gasteiger partial charge is 0.381 e. The van der Waals surface area contributed by atoms with E-state index in [1.165, 1.54) is 24.0 Å². The highest BCUT2D eigenvalue weighted by molar-refractivity contribution is 5.92. The second kappa shape index (κ2) is 8.23. The molecule has 2 atom stereocenters. The molecule has 0 bridgehead atoms. The summed E-state index contributed by atoms with van der Waals surface area (Å²) in [5.41, 5.74) is 4.12. The summed E-state index contributed by atoms with van der Waals surface area (Å²) in [6, 6.07) is 8.14. The Bertz CT molecular complexity index is 795. The van der Waals surface area contributed by atoms with Gasteiger partial charge in [0.05, 0.1) is 6.61 Å². The summed E-state index contributed by atoms with van der Waals surface area (Å²) in [5.74, 6) is 0.697. The third-order valence-electron chi connectivity index (χ3n) is 5.51. The van der Waals surface area contributed by atoms with Crippen LogP contribution >= 0.6 is 0 Å². The predicted molar refractivity (Wildman–Crippen MR) is 99.7 cm³/mol. The highest BCUT2D eigenvalue weighted by atomic mass is 16.5. The predicted octanol–water partition coefficient (Wildman–Crippen LogP) is 3.06. The van der Waals surface area contributed by atoms with Gasteiger partial charge in [-0.1, -0.05) is 23.4 Å². The Morgan fingerprint density at radius 3 is 2.93 bits per heavy atom. The standard InChI is InChI=1S/C21H26N2O4/c1-25-20(17-7-6-15-4-2-3-5-16(15)10-17)19-11-18(23-27-19)21(24)22-12-14-8-9-26-13-14/h6-7,10-11,14,20H,2-5,8-9,12-13H2,1H3,(H,22,24). The zero-order valence-electron chi connectivity index (χ0n) is 15.7. The lowest BCUT2D eigenvalue weighted by Gasteiger charge is -2.19. The molecule has 1 amide bonds. The SMILES string of the molecule is COC(c1ccc2c(c1)CCCC2)c1cc(C(=O)NCC2CCOC2)no1.